The number of imidazole rings is 1. The molecule has 0 aliphatic carbocycles. The van der Waals surface area contributed by atoms with Gasteiger partial charge in [-0.05, 0) is 36.8 Å². The first-order chi connectivity index (χ1) is 12.2. The Labute approximate surface area is 147 Å². The third-order valence-corrected chi connectivity index (χ3v) is 4.77. The first-order valence-electron chi connectivity index (χ1n) is 8.72. The van der Waals surface area contributed by atoms with Crippen molar-refractivity contribution in [1.29, 1.82) is 0 Å². The molecule has 1 aliphatic rings. The largest absolute Gasteiger partial charge is 0.368 e. The fourth-order valence-corrected chi connectivity index (χ4v) is 3.43. The summed E-state index contributed by atoms with van der Waals surface area (Å²) in [5, 5.41) is 0. The van der Waals surface area contributed by atoms with E-state index in [1.165, 1.54) is 5.69 Å². The molecule has 25 heavy (non-hydrogen) atoms. The van der Waals surface area contributed by atoms with Crippen molar-refractivity contribution < 1.29 is 4.79 Å². The van der Waals surface area contributed by atoms with Gasteiger partial charge in [-0.3, -0.25) is 4.79 Å². The Kier molecular flexibility index (Phi) is 4.14. The lowest BCUT2D eigenvalue weighted by molar-refractivity contribution is -0.130. The molecule has 5 heteroatoms. The fraction of sp³-hybridized carbons (Fsp3) is 0.300. The number of carbonyl (C=O) groups excluding carboxylic acids is 1. The highest BCUT2D eigenvalue weighted by Gasteiger charge is 2.21. The summed E-state index contributed by atoms with van der Waals surface area (Å²) in [6.07, 6.45) is 0.444. The van der Waals surface area contributed by atoms with Gasteiger partial charge in [-0.15, -0.1) is 0 Å². The van der Waals surface area contributed by atoms with Gasteiger partial charge >= 0.3 is 0 Å². The van der Waals surface area contributed by atoms with Crippen LogP contribution in [0.25, 0.3) is 11.0 Å². The van der Waals surface area contributed by atoms with Crippen molar-refractivity contribution in [1.82, 2.24) is 14.9 Å². The molecule has 0 unspecified atom stereocenters. The Hall–Kier alpha value is -2.82. The highest BCUT2D eigenvalue weighted by atomic mass is 16.2. The van der Waals surface area contributed by atoms with Crippen LogP contribution in [0.2, 0.25) is 0 Å². The number of rotatable bonds is 3. The number of nitrogens with one attached hydrogen (secondary N) is 1. The lowest BCUT2D eigenvalue weighted by atomic mass is 10.1. The summed E-state index contributed by atoms with van der Waals surface area (Å²) >= 11 is 0. The molecule has 128 valence electrons. The van der Waals surface area contributed by atoms with E-state index in [1.807, 2.05) is 36.1 Å². The molecule has 0 bridgehead atoms. The number of amides is 1. The molecule has 5 nitrogen and oxygen atoms in total. The van der Waals surface area contributed by atoms with Crippen LogP contribution in [-0.2, 0) is 11.2 Å². The Balaban J connectivity index is 1.38. The fourth-order valence-electron chi connectivity index (χ4n) is 3.43. The molecule has 0 radical (unpaired) electrons. The normalized spacial score (nSPS) is 14.9. The minimum Gasteiger partial charge on any atom is -0.368 e. The molecule has 1 amide bonds. The summed E-state index contributed by atoms with van der Waals surface area (Å²) in [5.74, 6) is 1.10. The maximum atomic E-state index is 12.6. The van der Waals surface area contributed by atoms with Gasteiger partial charge in [0.2, 0.25) is 5.91 Å². The second-order valence-electron chi connectivity index (χ2n) is 6.55. The predicted molar refractivity (Wildman–Crippen MR) is 99.8 cm³/mol. The lowest BCUT2D eigenvalue weighted by Gasteiger charge is -2.36. The summed E-state index contributed by atoms with van der Waals surface area (Å²) in [6, 6.07) is 16.4. The number of fused-ring (bicyclic) bond motifs is 1. The van der Waals surface area contributed by atoms with Crippen LogP contribution in [0.5, 0.6) is 0 Å². The molecule has 1 aromatic heterocycles. The van der Waals surface area contributed by atoms with Gasteiger partial charge in [0.15, 0.2) is 0 Å². The summed E-state index contributed by atoms with van der Waals surface area (Å²) in [6.45, 7) is 5.26. The summed E-state index contributed by atoms with van der Waals surface area (Å²) < 4.78 is 0. The summed E-state index contributed by atoms with van der Waals surface area (Å²) in [5.41, 5.74) is 4.21. The van der Waals surface area contributed by atoms with Gasteiger partial charge in [0.25, 0.3) is 0 Å². The van der Waals surface area contributed by atoms with Crippen molar-refractivity contribution in [2.75, 3.05) is 31.1 Å². The molecule has 2 heterocycles. The van der Waals surface area contributed by atoms with Crippen LogP contribution in [0, 0.1) is 6.92 Å². The third-order valence-electron chi connectivity index (χ3n) is 4.77. The zero-order valence-electron chi connectivity index (χ0n) is 14.4. The van der Waals surface area contributed by atoms with Crippen LogP contribution in [0.3, 0.4) is 0 Å². The molecule has 0 spiro atoms. The van der Waals surface area contributed by atoms with Crippen LogP contribution in [0.4, 0.5) is 5.69 Å². The van der Waals surface area contributed by atoms with E-state index in [4.69, 9.17) is 0 Å². The number of benzene rings is 2. The zero-order valence-corrected chi connectivity index (χ0v) is 14.4. The number of piperazine rings is 1. The molecule has 1 aliphatic heterocycles. The van der Waals surface area contributed by atoms with E-state index in [1.54, 1.807) is 0 Å². The first kappa shape index (κ1) is 15.7. The highest BCUT2D eigenvalue weighted by molar-refractivity contribution is 5.82. The number of para-hydroxylation sites is 1. The zero-order chi connectivity index (χ0) is 17.2. The first-order valence-corrected chi connectivity index (χ1v) is 8.72. The summed E-state index contributed by atoms with van der Waals surface area (Å²) in [7, 11) is 0. The molecule has 3 aromatic rings. The number of carbonyl (C=O) groups is 1. The average molecular weight is 334 g/mol. The molecular weight excluding hydrogens is 312 g/mol. The molecule has 4 rings (SSSR count). The Morgan fingerprint density at radius 2 is 1.84 bits per heavy atom. The minimum absolute atomic E-state index is 0.197. The van der Waals surface area contributed by atoms with Crippen LogP contribution >= 0.6 is 0 Å². The van der Waals surface area contributed by atoms with Crippen molar-refractivity contribution in [2.45, 2.75) is 13.3 Å². The minimum atomic E-state index is 0.197. The van der Waals surface area contributed by atoms with Crippen LogP contribution < -0.4 is 4.90 Å². The summed E-state index contributed by atoms with van der Waals surface area (Å²) in [4.78, 5) is 24.6. The standard InChI is InChI=1S/C20H22N4O/c1-15-21-18-8-7-16(13-19(18)22-15)14-20(25)24-11-9-23(10-12-24)17-5-3-2-4-6-17/h2-8,13H,9-12,14H2,1H3,(H,21,22). The maximum Gasteiger partial charge on any atom is 0.227 e. The molecular formula is C20H22N4O. The molecule has 1 saturated heterocycles. The van der Waals surface area contributed by atoms with E-state index < -0.39 is 0 Å². The second-order valence-corrected chi connectivity index (χ2v) is 6.55. The predicted octanol–water partition coefficient (Wildman–Crippen LogP) is 2.76. The van der Waals surface area contributed by atoms with Crippen molar-refractivity contribution in [3.63, 3.8) is 0 Å². The average Bonchev–Trinajstić information content (AvgIpc) is 3.02. The van der Waals surface area contributed by atoms with E-state index in [9.17, 15) is 4.79 Å². The molecule has 2 aromatic carbocycles. The number of aromatic amines is 1. The van der Waals surface area contributed by atoms with Gasteiger partial charge < -0.3 is 14.8 Å². The van der Waals surface area contributed by atoms with Crippen molar-refractivity contribution in [3.05, 3.63) is 59.9 Å². The van der Waals surface area contributed by atoms with Crippen molar-refractivity contribution in [3.8, 4) is 0 Å². The number of anilines is 1. The van der Waals surface area contributed by atoms with E-state index in [0.717, 1.165) is 48.6 Å². The molecule has 1 fully saturated rings. The van der Waals surface area contributed by atoms with Gasteiger partial charge in [-0.25, -0.2) is 4.98 Å². The number of hydrogen-bond acceptors (Lipinski definition) is 3. The Bertz CT molecular complexity index is 879. The van der Waals surface area contributed by atoms with Gasteiger partial charge in [0.1, 0.15) is 5.82 Å². The van der Waals surface area contributed by atoms with Gasteiger partial charge in [0.05, 0.1) is 17.5 Å². The quantitative estimate of drug-likeness (QED) is 0.801. The van der Waals surface area contributed by atoms with Gasteiger partial charge in [-0.1, -0.05) is 24.3 Å². The number of H-pyrrole nitrogens is 1. The highest BCUT2D eigenvalue weighted by Crippen LogP contribution is 2.17. The van der Waals surface area contributed by atoms with Gasteiger partial charge in [-0.2, -0.15) is 0 Å². The van der Waals surface area contributed by atoms with E-state index in [-0.39, 0.29) is 5.91 Å². The third kappa shape index (κ3) is 3.36. The Morgan fingerprint density at radius 3 is 2.60 bits per heavy atom. The SMILES string of the molecule is Cc1nc2ccc(CC(=O)N3CCN(c4ccccc4)CC3)cc2[nH]1. The monoisotopic (exact) mass is 334 g/mol. The van der Waals surface area contributed by atoms with E-state index >= 15 is 0 Å². The van der Waals surface area contributed by atoms with E-state index in [0.29, 0.717) is 6.42 Å². The van der Waals surface area contributed by atoms with Crippen molar-refractivity contribution in [2.24, 2.45) is 0 Å². The maximum absolute atomic E-state index is 12.6. The van der Waals surface area contributed by atoms with Crippen LogP contribution in [0.15, 0.2) is 48.5 Å². The van der Waals surface area contributed by atoms with Gasteiger partial charge in [0, 0.05) is 31.9 Å². The van der Waals surface area contributed by atoms with Crippen LogP contribution in [0.1, 0.15) is 11.4 Å². The molecule has 1 N–H and O–H groups in total. The van der Waals surface area contributed by atoms with Crippen LogP contribution in [-0.4, -0.2) is 47.0 Å². The van der Waals surface area contributed by atoms with Crippen molar-refractivity contribution >= 4 is 22.6 Å². The molecule has 0 saturated carbocycles. The number of hydrogen-bond donors (Lipinski definition) is 1. The second kappa shape index (κ2) is 6.59. The van der Waals surface area contributed by atoms with E-state index in [2.05, 4.69) is 39.1 Å². The molecule has 0 atom stereocenters. The number of nitrogens with zero attached hydrogens (tertiary/aromatic N) is 3. The smallest absolute Gasteiger partial charge is 0.227 e. The lowest BCUT2D eigenvalue weighted by Crippen LogP contribution is -2.49. The Morgan fingerprint density at radius 1 is 1.08 bits per heavy atom. The number of aromatic nitrogens is 2. The topological polar surface area (TPSA) is 52.2 Å². The number of aryl methyl sites for hydroxylation is 1.